The molecule has 2 aliphatic rings. The van der Waals surface area contributed by atoms with Crippen molar-refractivity contribution in [2.24, 2.45) is 10.9 Å². The van der Waals surface area contributed by atoms with E-state index in [0.29, 0.717) is 6.04 Å². The van der Waals surface area contributed by atoms with Crippen molar-refractivity contribution in [3.05, 3.63) is 12.2 Å². The summed E-state index contributed by atoms with van der Waals surface area (Å²) < 4.78 is 0. The van der Waals surface area contributed by atoms with E-state index >= 15 is 0 Å². The van der Waals surface area contributed by atoms with Gasteiger partial charge in [0.2, 0.25) is 0 Å². The molecule has 2 rings (SSSR count). The molecule has 0 amide bonds. The number of hydrogen-bond acceptors (Lipinski definition) is 2. The van der Waals surface area contributed by atoms with Crippen molar-refractivity contribution in [1.29, 1.82) is 0 Å². The van der Waals surface area contributed by atoms with E-state index in [1.165, 1.54) is 45.3 Å². The second-order valence-electron chi connectivity index (χ2n) is 6.51. The molecular weight excluding hydrogens is 387 g/mol. The fourth-order valence-electron chi connectivity index (χ4n) is 3.08. The quantitative estimate of drug-likeness (QED) is 0.228. The number of rotatable bonds is 6. The van der Waals surface area contributed by atoms with Gasteiger partial charge in [-0.05, 0) is 64.1 Å². The van der Waals surface area contributed by atoms with Crippen molar-refractivity contribution in [2.45, 2.75) is 51.5 Å². The zero-order valence-corrected chi connectivity index (χ0v) is 16.5. The zero-order valence-electron chi connectivity index (χ0n) is 14.2. The van der Waals surface area contributed by atoms with Crippen molar-refractivity contribution in [1.82, 2.24) is 15.5 Å². The van der Waals surface area contributed by atoms with Crippen LogP contribution in [0, 0.1) is 5.92 Å². The lowest BCUT2D eigenvalue weighted by Gasteiger charge is -2.30. The number of unbranched alkanes of at least 4 members (excludes halogenated alkanes) is 1. The van der Waals surface area contributed by atoms with Gasteiger partial charge in [-0.3, -0.25) is 4.99 Å². The molecular formula is C17H33IN4. The summed E-state index contributed by atoms with van der Waals surface area (Å²) in [6, 6.07) is 0.534. The second kappa shape index (κ2) is 11.3. The third kappa shape index (κ3) is 7.31. The molecule has 0 aromatic heterocycles. The monoisotopic (exact) mass is 420 g/mol. The van der Waals surface area contributed by atoms with E-state index in [2.05, 4.69) is 39.6 Å². The molecule has 0 unspecified atom stereocenters. The van der Waals surface area contributed by atoms with Gasteiger partial charge in [0.1, 0.15) is 0 Å². The molecule has 1 fully saturated rings. The molecule has 0 saturated carbocycles. The van der Waals surface area contributed by atoms with Gasteiger partial charge in [-0.2, -0.15) is 0 Å². The van der Waals surface area contributed by atoms with Crippen LogP contribution in [0.5, 0.6) is 0 Å². The average molecular weight is 420 g/mol. The summed E-state index contributed by atoms with van der Waals surface area (Å²) in [7, 11) is 1.85. The van der Waals surface area contributed by atoms with Crippen LogP contribution in [0.4, 0.5) is 0 Å². The maximum Gasteiger partial charge on any atom is 0.191 e. The van der Waals surface area contributed by atoms with Crippen LogP contribution in [-0.4, -0.2) is 50.1 Å². The van der Waals surface area contributed by atoms with E-state index in [9.17, 15) is 0 Å². The predicted octanol–water partition coefficient (Wildman–Crippen LogP) is 3.00. The number of nitrogens with one attached hydrogen (secondary N) is 2. The van der Waals surface area contributed by atoms with Gasteiger partial charge in [0.15, 0.2) is 5.96 Å². The molecule has 5 heteroatoms. The lowest BCUT2D eigenvalue weighted by molar-refractivity contribution is 0.189. The Hall–Kier alpha value is -0.300. The van der Waals surface area contributed by atoms with Gasteiger partial charge in [-0.15, -0.1) is 24.0 Å². The average Bonchev–Trinajstić information content (AvgIpc) is 3.00. The third-order valence-electron chi connectivity index (χ3n) is 4.64. The lowest BCUT2D eigenvalue weighted by atomic mass is 9.99. The van der Waals surface area contributed by atoms with Crippen molar-refractivity contribution in [3.63, 3.8) is 0 Å². The number of guanidine groups is 1. The molecule has 0 aromatic carbocycles. The summed E-state index contributed by atoms with van der Waals surface area (Å²) >= 11 is 0. The normalized spacial score (nSPS) is 20.9. The number of nitrogens with zero attached hydrogens (tertiary/aromatic N) is 2. The summed E-state index contributed by atoms with van der Waals surface area (Å²) in [5.74, 6) is 1.89. The first-order valence-corrected chi connectivity index (χ1v) is 8.62. The number of halogens is 1. The van der Waals surface area contributed by atoms with Gasteiger partial charge in [0.25, 0.3) is 0 Å². The molecule has 0 atom stereocenters. The van der Waals surface area contributed by atoms with Crippen LogP contribution in [0.25, 0.3) is 0 Å². The van der Waals surface area contributed by atoms with E-state index in [-0.39, 0.29) is 24.0 Å². The minimum Gasteiger partial charge on any atom is -0.356 e. The van der Waals surface area contributed by atoms with Crippen LogP contribution < -0.4 is 10.6 Å². The highest BCUT2D eigenvalue weighted by Crippen LogP contribution is 2.16. The molecule has 1 saturated heterocycles. The topological polar surface area (TPSA) is 39.7 Å². The number of hydrogen-bond donors (Lipinski definition) is 2. The number of piperidine rings is 1. The highest BCUT2D eigenvalue weighted by Gasteiger charge is 2.15. The van der Waals surface area contributed by atoms with Crippen molar-refractivity contribution in [2.75, 3.05) is 33.2 Å². The van der Waals surface area contributed by atoms with Crippen LogP contribution in [0.2, 0.25) is 0 Å². The molecule has 1 aliphatic heterocycles. The Morgan fingerprint density at radius 2 is 1.86 bits per heavy atom. The fraction of sp³-hybridized carbons (Fsp3) is 0.824. The first kappa shape index (κ1) is 19.7. The Morgan fingerprint density at radius 3 is 2.50 bits per heavy atom. The second-order valence-corrected chi connectivity index (χ2v) is 6.51. The predicted molar refractivity (Wildman–Crippen MR) is 106 cm³/mol. The number of likely N-dealkylation sites (tertiary alicyclic amines) is 1. The molecule has 1 heterocycles. The van der Waals surface area contributed by atoms with Crippen LogP contribution >= 0.6 is 24.0 Å². The van der Waals surface area contributed by atoms with Crippen LogP contribution in [0.1, 0.15) is 45.4 Å². The summed E-state index contributed by atoms with van der Waals surface area (Å²) in [4.78, 5) is 6.93. The minimum absolute atomic E-state index is 0. The Labute approximate surface area is 153 Å². The van der Waals surface area contributed by atoms with Gasteiger partial charge in [-0.25, -0.2) is 0 Å². The first-order chi connectivity index (χ1) is 10.3. The third-order valence-corrected chi connectivity index (χ3v) is 4.64. The van der Waals surface area contributed by atoms with Crippen LogP contribution in [0.15, 0.2) is 17.1 Å². The van der Waals surface area contributed by atoms with E-state index in [1.54, 1.807) is 0 Å². The molecule has 1 aliphatic carbocycles. The van der Waals surface area contributed by atoms with E-state index in [1.807, 2.05) is 7.05 Å². The molecule has 128 valence electrons. The van der Waals surface area contributed by atoms with Crippen molar-refractivity contribution in [3.8, 4) is 0 Å². The van der Waals surface area contributed by atoms with Crippen LogP contribution in [0.3, 0.4) is 0 Å². The fourth-order valence-corrected chi connectivity index (χ4v) is 3.08. The maximum atomic E-state index is 4.30. The highest BCUT2D eigenvalue weighted by molar-refractivity contribution is 14.0. The molecule has 0 bridgehead atoms. The van der Waals surface area contributed by atoms with Crippen LogP contribution in [-0.2, 0) is 0 Å². The van der Waals surface area contributed by atoms with E-state index in [4.69, 9.17) is 0 Å². The molecule has 0 spiro atoms. The smallest absolute Gasteiger partial charge is 0.191 e. The SMILES string of the molecule is CN=C(NCCCCN1CCC(C)CC1)NC1CC=CC1.I. The summed E-state index contributed by atoms with van der Waals surface area (Å²) in [5, 5.41) is 6.91. The van der Waals surface area contributed by atoms with Gasteiger partial charge in [-0.1, -0.05) is 19.1 Å². The van der Waals surface area contributed by atoms with Crippen molar-refractivity contribution < 1.29 is 0 Å². The Balaban J connectivity index is 0.00000242. The summed E-state index contributed by atoms with van der Waals surface area (Å²) in [6.45, 7) is 7.25. The Kier molecular flexibility index (Phi) is 10.1. The highest BCUT2D eigenvalue weighted by atomic mass is 127. The molecule has 0 radical (unpaired) electrons. The van der Waals surface area contributed by atoms with Crippen molar-refractivity contribution >= 4 is 29.9 Å². The standard InChI is InChI=1S/C17H32N4.HI/c1-15-9-13-21(14-10-15)12-6-5-11-19-17(18-2)20-16-7-3-4-8-16;/h3-4,15-16H,5-14H2,1-2H3,(H2,18,19,20);1H. The Bertz CT molecular complexity index is 341. The molecule has 0 aromatic rings. The lowest BCUT2D eigenvalue weighted by Crippen LogP contribution is -2.42. The summed E-state index contributed by atoms with van der Waals surface area (Å²) in [5.41, 5.74) is 0. The minimum atomic E-state index is 0. The van der Waals surface area contributed by atoms with E-state index in [0.717, 1.165) is 31.3 Å². The zero-order chi connectivity index (χ0) is 14.9. The molecule has 22 heavy (non-hydrogen) atoms. The Morgan fingerprint density at radius 1 is 1.18 bits per heavy atom. The maximum absolute atomic E-state index is 4.30. The number of aliphatic imine (C=N–C) groups is 1. The molecule has 2 N–H and O–H groups in total. The first-order valence-electron chi connectivity index (χ1n) is 8.62. The van der Waals surface area contributed by atoms with Gasteiger partial charge in [0.05, 0.1) is 0 Å². The van der Waals surface area contributed by atoms with Gasteiger partial charge in [0, 0.05) is 19.6 Å². The van der Waals surface area contributed by atoms with Gasteiger partial charge >= 0.3 is 0 Å². The largest absolute Gasteiger partial charge is 0.356 e. The van der Waals surface area contributed by atoms with E-state index < -0.39 is 0 Å². The van der Waals surface area contributed by atoms with Gasteiger partial charge < -0.3 is 15.5 Å². The molecule has 4 nitrogen and oxygen atoms in total. The summed E-state index contributed by atoms with van der Waals surface area (Å²) in [6.07, 6.45) is 12.0.